The van der Waals surface area contributed by atoms with Gasteiger partial charge in [-0.15, -0.1) is 0 Å². The highest BCUT2D eigenvalue weighted by Gasteiger charge is 2.07. The van der Waals surface area contributed by atoms with Crippen molar-refractivity contribution in [1.82, 2.24) is 16.2 Å². The summed E-state index contributed by atoms with van der Waals surface area (Å²) < 4.78 is 6.12. The Morgan fingerprint density at radius 3 is 2.57 bits per heavy atom. The molecule has 0 aliphatic heterocycles. The van der Waals surface area contributed by atoms with Gasteiger partial charge in [0.15, 0.2) is 11.7 Å². The van der Waals surface area contributed by atoms with Crippen LogP contribution in [-0.4, -0.2) is 23.5 Å². The summed E-state index contributed by atoms with van der Waals surface area (Å²) in [7, 11) is 0. The van der Waals surface area contributed by atoms with E-state index >= 15 is 0 Å². The highest BCUT2D eigenvalue weighted by atomic mass is 79.9. The van der Waals surface area contributed by atoms with E-state index in [4.69, 9.17) is 28.6 Å². The molecule has 6 nitrogen and oxygen atoms in total. The van der Waals surface area contributed by atoms with E-state index in [-0.39, 0.29) is 11.7 Å². The van der Waals surface area contributed by atoms with Gasteiger partial charge in [-0.2, -0.15) is 0 Å². The average Bonchev–Trinajstić information content (AvgIpc) is 2.65. The van der Waals surface area contributed by atoms with Crippen LogP contribution < -0.4 is 20.9 Å². The molecule has 0 aliphatic carbocycles. The number of carbonyl (C=O) groups excluding carboxylic acids is 2. The van der Waals surface area contributed by atoms with Crippen LogP contribution in [0.2, 0.25) is 5.02 Å². The molecule has 0 aliphatic rings. The molecule has 0 saturated carbocycles. The second-order valence-electron chi connectivity index (χ2n) is 5.60. The van der Waals surface area contributed by atoms with E-state index in [1.54, 1.807) is 24.3 Å². The molecule has 0 atom stereocenters. The van der Waals surface area contributed by atoms with Gasteiger partial charge in [-0.05, 0) is 49.0 Å². The van der Waals surface area contributed by atoms with Crippen LogP contribution >= 0.6 is 39.7 Å². The van der Waals surface area contributed by atoms with Crippen LogP contribution in [0.1, 0.15) is 11.1 Å². The van der Waals surface area contributed by atoms with E-state index < -0.39 is 11.8 Å². The van der Waals surface area contributed by atoms with E-state index in [0.29, 0.717) is 10.8 Å². The van der Waals surface area contributed by atoms with Gasteiger partial charge in [0.05, 0.1) is 5.02 Å². The molecule has 2 amide bonds. The van der Waals surface area contributed by atoms with Crippen molar-refractivity contribution in [2.45, 2.75) is 6.92 Å². The lowest BCUT2D eigenvalue weighted by molar-refractivity contribution is -0.123. The number of rotatable bonds is 5. The predicted octanol–water partition coefficient (Wildman–Crippen LogP) is 3.53. The number of amides is 2. The molecule has 0 aromatic heterocycles. The minimum Gasteiger partial charge on any atom is -0.482 e. The fourth-order valence-corrected chi connectivity index (χ4v) is 2.81. The molecular weight excluding hydrogens is 466 g/mol. The van der Waals surface area contributed by atoms with Crippen LogP contribution in [0.3, 0.4) is 0 Å². The van der Waals surface area contributed by atoms with E-state index in [9.17, 15) is 9.59 Å². The van der Waals surface area contributed by atoms with Gasteiger partial charge in [0, 0.05) is 10.5 Å². The highest BCUT2D eigenvalue weighted by Crippen LogP contribution is 2.27. The second kappa shape index (κ2) is 10.8. The zero-order valence-corrected chi connectivity index (χ0v) is 18.0. The van der Waals surface area contributed by atoms with Gasteiger partial charge < -0.3 is 4.74 Å². The third-order valence-corrected chi connectivity index (χ3v) is 4.30. The molecule has 28 heavy (non-hydrogen) atoms. The minimum absolute atomic E-state index is 0.0476. The van der Waals surface area contributed by atoms with Crippen LogP contribution in [0, 0.1) is 6.92 Å². The second-order valence-corrected chi connectivity index (χ2v) is 7.33. The summed E-state index contributed by atoms with van der Waals surface area (Å²) in [6.45, 7) is 1.70. The average molecular weight is 483 g/mol. The minimum atomic E-state index is -0.495. The number of benzene rings is 2. The molecular formula is C19H17BrClN3O3S. The van der Waals surface area contributed by atoms with Gasteiger partial charge >= 0.3 is 0 Å². The van der Waals surface area contributed by atoms with Crippen molar-refractivity contribution in [3.8, 4) is 5.75 Å². The van der Waals surface area contributed by atoms with Crippen molar-refractivity contribution in [3.05, 3.63) is 69.2 Å². The van der Waals surface area contributed by atoms with Crippen LogP contribution in [0.25, 0.3) is 6.08 Å². The van der Waals surface area contributed by atoms with E-state index in [1.807, 2.05) is 31.2 Å². The number of ether oxygens (including phenoxy) is 1. The molecule has 2 rings (SSSR count). The standard InChI is InChI=1S/C19H17BrClN3O3S/c1-12-2-4-13(5-3-12)6-9-17(25)22-19(28)24-23-18(26)11-27-16-8-7-14(20)10-15(16)21/h2-10H,11H2,1H3,(H,23,26)(H2,22,24,25,28)/b9-6+. The van der Waals surface area contributed by atoms with Gasteiger partial charge in [0.2, 0.25) is 5.91 Å². The fraction of sp³-hybridized carbons (Fsp3) is 0.105. The predicted molar refractivity (Wildman–Crippen MR) is 117 cm³/mol. The van der Waals surface area contributed by atoms with Gasteiger partial charge in [-0.1, -0.05) is 57.4 Å². The Labute approximate surface area is 181 Å². The first-order valence-corrected chi connectivity index (χ1v) is 9.64. The fourth-order valence-electron chi connectivity index (χ4n) is 1.93. The third-order valence-electron chi connectivity index (χ3n) is 3.31. The molecule has 0 heterocycles. The third kappa shape index (κ3) is 7.67. The Balaban J connectivity index is 1.71. The smallest absolute Gasteiger partial charge is 0.276 e. The molecule has 0 radical (unpaired) electrons. The summed E-state index contributed by atoms with van der Waals surface area (Å²) in [4.78, 5) is 23.6. The Morgan fingerprint density at radius 2 is 1.89 bits per heavy atom. The first-order chi connectivity index (χ1) is 13.3. The summed E-state index contributed by atoms with van der Waals surface area (Å²) >= 11 is 14.2. The largest absolute Gasteiger partial charge is 0.482 e. The van der Waals surface area contributed by atoms with Crippen molar-refractivity contribution in [1.29, 1.82) is 0 Å². The molecule has 0 spiro atoms. The van der Waals surface area contributed by atoms with Crippen molar-refractivity contribution in [2.75, 3.05) is 6.61 Å². The molecule has 146 valence electrons. The highest BCUT2D eigenvalue weighted by molar-refractivity contribution is 9.10. The number of hydrogen-bond acceptors (Lipinski definition) is 4. The summed E-state index contributed by atoms with van der Waals surface area (Å²) in [5, 5.41) is 2.74. The number of nitrogens with one attached hydrogen (secondary N) is 3. The number of hydrogen-bond donors (Lipinski definition) is 3. The van der Waals surface area contributed by atoms with Crippen molar-refractivity contribution in [2.24, 2.45) is 0 Å². The molecule has 0 bridgehead atoms. The monoisotopic (exact) mass is 481 g/mol. The summed E-state index contributed by atoms with van der Waals surface area (Å²) in [5.41, 5.74) is 6.77. The van der Waals surface area contributed by atoms with Crippen LogP contribution in [0.15, 0.2) is 53.0 Å². The van der Waals surface area contributed by atoms with Crippen molar-refractivity contribution < 1.29 is 14.3 Å². The molecule has 0 unspecified atom stereocenters. The Bertz CT molecular complexity index is 904. The molecule has 0 fully saturated rings. The van der Waals surface area contributed by atoms with Crippen LogP contribution in [0.5, 0.6) is 5.75 Å². The topological polar surface area (TPSA) is 79.5 Å². The lowest BCUT2D eigenvalue weighted by Gasteiger charge is -2.11. The van der Waals surface area contributed by atoms with Gasteiger partial charge in [-0.3, -0.25) is 25.8 Å². The zero-order valence-electron chi connectivity index (χ0n) is 14.8. The maximum Gasteiger partial charge on any atom is 0.276 e. The number of thiocarbonyl (C=S) groups is 1. The maximum absolute atomic E-state index is 11.8. The molecule has 0 saturated heterocycles. The van der Waals surface area contributed by atoms with Gasteiger partial charge in [-0.25, -0.2) is 0 Å². The number of aryl methyl sites for hydroxylation is 1. The van der Waals surface area contributed by atoms with E-state index in [0.717, 1.165) is 15.6 Å². The molecule has 2 aromatic rings. The van der Waals surface area contributed by atoms with E-state index in [2.05, 4.69) is 32.1 Å². The van der Waals surface area contributed by atoms with Crippen LogP contribution in [0.4, 0.5) is 0 Å². The normalized spacial score (nSPS) is 10.4. The van der Waals surface area contributed by atoms with Gasteiger partial charge in [0.25, 0.3) is 5.91 Å². The Hall–Kier alpha value is -2.42. The molecule has 3 N–H and O–H groups in total. The van der Waals surface area contributed by atoms with E-state index in [1.165, 1.54) is 6.08 Å². The molecule has 2 aromatic carbocycles. The summed E-state index contributed by atoms with van der Waals surface area (Å²) in [6.07, 6.45) is 3.00. The van der Waals surface area contributed by atoms with Crippen molar-refractivity contribution in [3.63, 3.8) is 0 Å². The lowest BCUT2D eigenvalue weighted by atomic mass is 10.1. The SMILES string of the molecule is Cc1ccc(/C=C/C(=O)NC(=S)NNC(=O)COc2ccc(Br)cc2Cl)cc1. The summed E-state index contributed by atoms with van der Waals surface area (Å²) in [6, 6.07) is 12.7. The number of hydrazine groups is 1. The van der Waals surface area contributed by atoms with Crippen LogP contribution in [-0.2, 0) is 9.59 Å². The zero-order chi connectivity index (χ0) is 20.5. The maximum atomic E-state index is 11.8. The van der Waals surface area contributed by atoms with Crippen molar-refractivity contribution >= 4 is 62.8 Å². The van der Waals surface area contributed by atoms with Gasteiger partial charge in [0.1, 0.15) is 5.75 Å². The number of halogens is 2. The Morgan fingerprint density at radius 1 is 1.18 bits per heavy atom. The first-order valence-electron chi connectivity index (χ1n) is 8.06. The summed E-state index contributed by atoms with van der Waals surface area (Å²) in [5.74, 6) is -0.548. The molecule has 9 heteroatoms. The number of carbonyl (C=O) groups is 2. The lowest BCUT2D eigenvalue weighted by Crippen LogP contribution is -2.49. The first kappa shape index (κ1) is 21.9. The Kier molecular flexibility index (Phi) is 8.43. The quantitative estimate of drug-likeness (QED) is 0.345.